The van der Waals surface area contributed by atoms with Crippen molar-refractivity contribution in [3.63, 3.8) is 0 Å². The van der Waals surface area contributed by atoms with Gasteiger partial charge in [0.1, 0.15) is 18.2 Å². The van der Waals surface area contributed by atoms with Crippen molar-refractivity contribution in [2.45, 2.75) is 52.2 Å². The number of nitrogens with zero attached hydrogens (tertiary/aromatic N) is 1. The zero-order valence-corrected chi connectivity index (χ0v) is 20.4. The molecule has 174 valence electrons. The van der Waals surface area contributed by atoms with Gasteiger partial charge < -0.3 is 14.8 Å². The van der Waals surface area contributed by atoms with Gasteiger partial charge >= 0.3 is 0 Å². The van der Waals surface area contributed by atoms with Gasteiger partial charge in [0, 0.05) is 6.04 Å². The van der Waals surface area contributed by atoms with E-state index in [4.69, 9.17) is 32.7 Å². The van der Waals surface area contributed by atoms with Crippen LogP contribution in [-0.4, -0.2) is 18.6 Å². The van der Waals surface area contributed by atoms with Crippen molar-refractivity contribution in [2.24, 2.45) is 5.92 Å². The van der Waals surface area contributed by atoms with Gasteiger partial charge in [0.25, 0.3) is 5.91 Å². The molecule has 1 N–H and O–H groups in total. The Balaban J connectivity index is 1.74. The van der Waals surface area contributed by atoms with E-state index in [1.54, 1.807) is 36.4 Å². The molecule has 1 fully saturated rings. The topological polar surface area (TPSA) is 71.3 Å². The predicted molar refractivity (Wildman–Crippen MR) is 132 cm³/mol. The second-order valence-corrected chi connectivity index (χ2v) is 9.00. The summed E-state index contributed by atoms with van der Waals surface area (Å²) < 4.78 is 11.7. The van der Waals surface area contributed by atoms with Crippen LogP contribution < -0.4 is 14.8 Å². The summed E-state index contributed by atoms with van der Waals surface area (Å²) in [6.45, 7) is 4.76. The lowest BCUT2D eigenvalue weighted by molar-refractivity contribution is -0.118. The maximum atomic E-state index is 12.7. The van der Waals surface area contributed by atoms with Crippen molar-refractivity contribution < 1.29 is 14.3 Å². The van der Waals surface area contributed by atoms with E-state index >= 15 is 0 Å². The Morgan fingerprint density at radius 3 is 2.61 bits per heavy atom. The first-order valence-corrected chi connectivity index (χ1v) is 11.9. The molecule has 0 spiro atoms. The van der Waals surface area contributed by atoms with Gasteiger partial charge in [-0.1, -0.05) is 55.1 Å². The molecular weight excluding hydrogens is 459 g/mol. The lowest BCUT2D eigenvalue weighted by atomic mass is 9.86. The fourth-order valence-electron chi connectivity index (χ4n) is 3.88. The number of rotatable bonds is 8. The van der Waals surface area contributed by atoms with Crippen LogP contribution >= 0.6 is 23.2 Å². The van der Waals surface area contributed by atoms with E-state index in [1.807, 2.05) is 19.1 Å². The number of carbonyl (C=O) groups excluding carboxylic acids is 1. The summed E-state index contributed by atoms with van der Waals surface area (Å²) in [6, 6.07) is 12.8. The van der Waals surface area contributed by atoms with Gasteiger partial charge in [-0.15, -0.1) is 0 Å². The number of carbonyl (C=O) groups is 1. The molecule has 0 bridgehead atoms. The molecule has 33 heavy (non-hydrogen) atoms. The summed E-state index contributed by atoms with van der Waals surface area (Å²) >= 11 is 12.0. The number of nitriles is 1. The van der Waals surface area contributed by atoms with Crippen LogP contribution in [0.5, 0.6) is 11.5 Å². The van der Waals surface area contributed by atoms with Crippen LogP contribution in [-0.2, 0) is 11.4 Å². The van der Waals surface area contributed by atoms with E-state index in [-0.39, 0.29) is 24.1 Å². The highest BCUT2D eigenvalue weighted by Gasteiger charge is 2.24. The Morgan fingerprint density at radius 2 is 1.91 bits per heavy atom. The number of hydrogen-bond donors (Lipinski definition) is 1. The number of halogens is 2. The van der Waals surface area contributed by atoms with Gasteiger partial charge in [0.15, 0.2) is 11.5 Å². The third-order valence-corrected chi connectivity index (χ3v) is 6.49. The molecule has 0 heterocycles. The molecule has 2 aromatic rings. The van der Waals surface area contributed by atoms with E-state index < -0.39 is 0 Å². The molecule has 0 aliphatic heterocycles. The highest BCUT2D eigenvalue weighted by molar-refractivity contribution is 6.42. The van der Waals surface area contributed by atoms with E-state index in [9.17, 15) is 10.1 Å². The smallest absolute Gasteiger partial charge is 0.262 e. The average Bonchev–Trinajstić information content (AvgIpc) is 2.80. The predicted octanol–water partition coefficient (Wildman–Crippen LogP) is 6.57. The molecule has 7 heteroatoms. The second-order valence-electron chi connectivity index (χ2n) is 8.19. The largest absolute Gasteiger partial charge is 0.490 e. The standard InChI is InChI=1S/C26H28Cl2N2O3/c1-3-32-25-14-18(9-11-24(25)33-16-19-8-10-21(27)22(28)13-19)12-20(15-29)26(31)30-23-7-5-4-6-17(23)2/h8-14,17,23H,3-7,16H2,1-2H3,(H,30,31)/b20-12+/t17-,23-/m0/s1. The van der Waals surface area contributed by atoms with E-state index in [1.165, 1.54) is 6.42 Å². The molecule has 0 aromatic heterocycles. The third kappa shape index (κ3) is 6.90. The van der Waals surface area contributed by atoms with E-state index in [0.717, 1.165) is 24.8 Å². The number of ether oxygens (including phenoxy) is 2. The van der Waals surface area contributed by atoms with Crippen LogP contribution in [0.1, 0.15) is 50.7 Å². The Hall–Kier alpha value is -2.68. The Morgan fingerprint density at radius 1 is 1.12 bits per heavy atom. The molecule has 5 nitrogen and oxygen atoms in total. The van der Waals surface area contributed by atoms with E-state index in [0.29, 0.717) is 39.6 Å². The second kappa shape index (κ2) is 12.0. The summed E-state index contributed by atoms with van der Waals surface area (Å²) in [5.41, 5.74) is 1.62. The highest BCUT2D eigenvalue weighted by atomic mass is 35.5. The van der Waals surface area contributed by atoms with Crippen LogP contribution in [0.2, 0.25) is 10.0 Å². The Bertz CT molecular complexity index is 1060. The van der Waals surface area contributed by atoms with Crippen molar-refractivity contribution in [3.8, 4) is 17.6 Å². The Labute approximate surface area is 205 Å². The summed E-state index contributed by atoms with van der Waals surface area (Å²) in [7, 11) is 0. The lowest BCUT2D eigenvalue weighted by Crippen LogP contribution is -2.41. The molecule has 2 aromatic carbocycles. The number of amides is 1. The maximum Gasteiger partial charge on any atom is 0.262 e. The van der Waals surface area contributed by atoms with Crippen molar-refractivity contribution in [1.82, 2.24) is 5.32 Å². The van der Waals surface area contributed by atoms with Gasteiger partial charge in [-0.3, -0.25) is 4.79 Å². The SMILES string of the molecule is CCOc1cc(/C=C(\C#N)C(=O)N[C@H]2CCCC[C@@H]2C)ccc1OCc1ccc(Cl)c(Cl)c1. The molecule has 3 rings (SSSR count). The van der Waals surface area contributed by atoms with Crippen LogP contribution in [0.25, 0.3) is 6.08 Å². The Kier molecular flexibility index (Phi) is 9.05. The molecule has 1 saturated carbocycles. The van der Waals surface area contributed by atoms with Gasteiger partial charge in [-0.25, -0.2) is 0 Å². The minimum atomic E-state index is -0.339. The maximum absolute atomic E-state index is 12.7. The first-order chi connectivity index (χ1) is 15.9. The zero-order valence-electron chi connectivity index (χ0n) is 18.9. The molecule has 0 saturated heterocycles. The van der Waals surface area contributed by atoms with Crippen LogP contribution in [0.15, 0.2) is 42.0 Å². The first-order valence-electron chi connectivity index (χ1n) is 11.2. The summed E-state index contributed by atoms with van der Waals surface area (Å²) in [4.78, 5) is 12.7. The summed E-state index contributed by atoms with van der Waals surface area (Å²) in [6.07, 6.45) is 5.91. The van der Waals surface area contributed by atoms with Gasteiger partial charge in [0.05, 0.1) is 16.7 Å². The molecule has 1 aliphatic rings. The fraction of sp³-hybridized carbons (Fsp3) is 0.385. The quantitative estimate of drug-likeness (QED) is 0.338. The van der Waals surface area contributed by atoms with Gasteiger partial charge in [0.2, 0.25) is 0 Å². The third-order valence-electron chi connectivity index (χ3n) is 5.75. The number of benzene rings is 2. The highest BCUT2D eigenvalue weighted by Crippen LogP contribution is 2.31. The lowest BCUT2D eigenvalue weighted by Gasteiger charge is -2.29. The summed E-state index contributed by atoms with van der Waals surface area (Å²) in [5.74, 6) is 1.16. The zero-order chi connectivity index (χ0) is 23.8. The van der Waals surface area contributed by atoms with Crippen molar-refractivity contribution in [2.75, 3.05) is 6.61 Å². The molecule has 0 radical (unpaired) electrons. The van der Waals surface area contributed by atoms with Gasteiger partial charge in [-0.2, -0.15) is 5.26 Å². The van der Waals surface area contributed by atoms with Crippen molar-refractivity contribution in [3.05, 3.63) is 63.1 Å². The molecule has 1 aliphatic carbocycles. The average molecular weight is 487 g/mol. The van der Waals surface area contributed by atoms with Crippen molar-refractivity contribution >= 4 is 35.2 Å². The van der Waals surface area contributed by atoms with Gasteiger partial charge in [-0.05, 0) is 67.2 Å². The van der Waals surface area contributed by atoms with Crippen LogP contribution in [0, 0.1) is 17.2 Å². The molecule has 1 amide bonds. The van der Waals surface area contributed by atoms with Crippen molar-refractivity contribution in [1.29, 1.82) is 5.26 Å². The monoisotopic (exact) mass is 486 g/mol. The summed E-state index contributed by atoms with van der Waals surface area (Å²) in [5, 5.41) is 13.6. The fourth-order valence-corrected chi connectivity index (χ4v) is 4.21. The van der Waals surface area contributed by atoms with Crippen LogP contribution in [0.4, 0.5) is 0 Å². The molecular formula is C26H28Cl2N2O3. The van der Waals surface area contributed by atoms with E-state index in [2.05, 4.69) is 12.2 Å². The van der Waals surface area contributed by atoms with Crippen LogP contribution in [0.3, 0.4) is 0 Å². The molecule has 0 unspecified atom stereocenters. The minimum absolute atomic E-state index is 0.0692. The number of hydrogen-bond acceptors (Lipinski definition) is 4. The number of nitrogens with one attached hydrogen (secondary N) is 1. The minimum Gasteiger partial charge on any atom is -0.490 e. The normalized spacial score (nSPS) is 18.3. The molecule has 2 atom stereocenters. The first kappa shape index (κ1) is 25.0.